The summed E-state index contributed by atoms with van der Waals surface area (Å²) < 4.78 is 22.3. The van der Waals surface area contributed by atoms with Crippen LogP contribution < -0.4 is 5.73 Å². The molecule has 1 saturated heterocycles. The molecular weight excluding hydrogens is 361 g/mol. The number of aliphatic hydroxyl groups excluding tert-OH is 2. The molecule has 1 fully saturated rings. The van der Waals surface area contributed by atoms with Gasteiger partial charge in [0.1, 0.15) is 23.4 Å². The zero-order valence-electron chi connectivity index (χ0n) is 12.3. The van der Waals surface area contributed by atoms with Crippen LogP contribution in [0.2, 0.25) is 0 Å². The molecule has 5 N–H and O–H groups in total. The van der Waals surface area contributed by atoms with E-state index in [1.165, 1.54) is 17.8 Å². The zero-order chi connectivity index (χ0) is 17.6. The van der Waals surface area contributed by atoms with E-state index in [4.69, 9.17) is 34.3 Å². The number of halogens is 2. The Morgan fingerprint density at radius 1 is 1.67 bits per heavy atom. The second-order valence-corrected chi connectivity index (χ2v) is 5.98. The monoisotopic (exact) mass is 373 g/mol. The van der Waals surface area contributed by atoms with Crippen molar-refractivity contribution < 1.29 is 19.3 Å². The van der Waals surface area contributed by atoms with Gasteiger partial charge in [-0.3, -0.25) is 4.57 Å². The van der Waals surface area contributed by atoms with E-state index in [0.29, 0.717) is 0 Å². The minimum Gasteiger partial charge on any atom is -0.391 e. The van der Waals surface area contributed by atoms with Gasteiger partial charge in [-0.2, -0.15) is 0 Å². The smallest absolute Gasteiger partial charge is 0.244 e. The maximum absolute atomic E-state index is 15.4. The predicted octanol–water partition coefficient (Wildman–Crippen LogP) is 0.618. The van der Waals surface area contributed by atoms with Crippen molar-refractivity contribution in [1.82, 2.24) is 19.5 Å². The number of hydrogen-bond acceptors (Lipinski definition) is 7. The number of nitrogens with zero attached hydrogens (tertiary/aromatic N) is 3. The van der Waals surface area contributed by atoms with Crippen LogP contribution in [0.15, 0.2) is 6.33 Å². The first-order valence-corrected chi connectivity index (χ1v) is 7.64. The van der Waals surface area contributed by atoms with Crippen LogP contribution in [0.3, 0.4) is 0 Å². The van der Waals surface area contributed by atoms with Crippen LogP contribution in [0.25, 0.3) is 11.2 Å². The van der Waals surface area contributed by atoms with Crippen molar-refractivity contribution in [1.29, 1.82) is 0 Å². The molecule has 3 rings (SSSR count). The molecule has 2 aromatic rings. The van der Waals surface area contributed by atoms with Crippen LogP contribution in [0, 0.1) is 15.9 Å². The molecular formula is C13H13ClFN5O3S. The van der Waals surface area contributed by atoms with Gasteiger partial charge in [0.15, 0.2) is 16.8 Å². The van der Waals surface area contributed by atoms with Crippen LogP contribution in [-0.4, -0.2) is 53.7 Å². The SMILES string of the molecule is C[C@H](O)[C@H]1O[C@@H](n2cnc3c(=S)nc(N)[nH]c32)[C@@](F)(C#CCl)C1O. The predicted molar refractivity (Wildman–Crippen MR) is 86.2 cm³/mol. The Hall–Kier alpha value is -1.77. The number of ether oxygens (including phenoxy) is 1. The van der Waals surface area contributed by atoms with Gasteiger partial charge in [0.2, 0.25) is 5.67 Å². The quantitative estimate of drug-likeness (QED) is 0.449. The van der Waals surface area contributed by atoms with Crippen LogP contribution in [0.1, 0.15) is 13.2 Å². The summed E-state index contributed by atoms with van der Waals surface area (Å²) in [5.74, 6) is 2.12. The summed E-state index contributed by atoms with van der Waals surface area (Å²) in [5, 5.41) is 21.9. The van der Waals surface area contributed by atoms with Gasteiger partial charge < -0.3 is 25.7 Å². The van der Waals surface area contributed by atoms with Crippen LogP contribution in [0.5, 0.6) is 0 Å². The Morgan fingerprint density at radius 3 is 3.00 bits per heavy atom. The van der Waals surface area contributed by atoms with Crippen molar-refractivity contribution in [2.45, 2.75) is 37.1 Å². The summed E-state index contributed by atoms with van der Waals surface area (Å²) in [6, 6.07) is 0. The highest BCUT2D eigenvalue weighted by molar-refractivity contribution is 7.71. The van der Waals surface area contributed by atoms with E-state index in [-0.39, 0.29) is 21.8 Å². The van der Waals surface area contributed by atoms with Crippen molar-refractivity contribution >= 4 is 40.9 Å². The molecule has 0 radical (unpaired) electrons. The Balaban J connectivity index is 2.20. The number of H-pyrrole nitrogens is 1. The fourth-order valence-electron chi connectivity index (χ4n) is 2.69. The largest absolute Gasteiger partial charge is 0.391 e. The Labute approximate surface area is 145 Å². The van der Waals surface area contributed by atoms with E-state index in [9.17, 15) is 10.2 Å². The number of nitrogens with one attached hydrogen (secondary N) is 1. The number of rotatable bonds is 2. The van der Waals surface area contributed by atoms with E-state index >= 15 is 4.39 Å². The second-order valence-electron chi connectivity index (χ2n) is 5.40. The van der Waals surface area contributed by atoms with Gasteiger partial charge in [0.05, 0.1) is 12.4 Å². The molecule has 0 saturated carbocycles. The first-order valence-electron chi connectivity index (χ1n) is 6.85. The summed E-state index contributed by atoms with van der Waals surface area (Å²) in [4.78, 5) is 10.6. The molecule has 128 valence electrons. The number of fused-ring (bicyclic) bond motifs is 1. The topological polar surface area (TPSA) is 122 Å². The average molecular weight is 374 g/mol. The molecule has 5 atom stereocenters. The summed E-state index contributed by atoms with van der Waals surface area (Å²) in [7, 11) is 0. The molecule has 0 amide bonds. The molecule has 1 aliphatic heterocycles. The molecule has 2 aromatic heterocycles. The number of aliphatic hydroxyl groups is 2. The number of nitrogens with two attached hydrogens (primary N) is 1. The highest BCUT2D eigenvalue weighted by atomic mass is 35.5. The molecule has 24 heavy (non-hydrogen) atoms. The highest BCUT2D eigenvalue weighted by Crippen LogP contribution is 2.43. The Morgan fingerprint density at radius 2 is 2.38 bits per heavy atom. The third kappa shape index (κ3) is 2.45. The van der Waals surface area contributed by atoms with E-state index in [0.717, 1.165) is 0 Å². The average Bonchev–Trinajstić information content (AvgIpc) is 3.00. The van der Waals surface area contributed by atoms with E-state index in [2.05, 4.69) is 20.9 Å². The molecule has 3 heterocycles. The van der Waals surface area contributed by atoms with Crippen LogP contribution in [-0.2, 0) is 4.74 Å². The van der Waals surface area contributed by atoms with Gasteiger partial charge in [0, 0.05) is 5.38 Å². The number of imidazole rings is 1. The molecule has 0 spiro atoms. The van der Waals surface area contributed by atoms with Gasteiger partial charge in [0.25, 0.3) is 0 Å². The van der Waals surface area contributed by atoms with Gasteiger partial charge in [-0.1, -0.05) is 12.2 Å². The van der Waals surface area contributed by atoms with Crippen LogP contribution in [0.4, 0.5) is 10.3 Å². The lowest BCUT2D eigenvalue weighted by molar-refractivity contribution is -0.0776. The number of alkyl halides is 1. The molecule has 1 unspecified atom stereocenters. The number of hydrogen-bond donors (Lipinski definition) is 4. The molecule has 0 aliphatic carbocycles. The number of aromatic nitrogens is 4. The Bertz CT molecular complexity index is 906. The maximum Gasteiger partial charge on any atom is 0.244 e. The second kappa shape index (κ2) is 5.94. The molecule has 11 heteroatoms. The summed E-state index contributed by atoms with van der Waals surface area (Å²) in [5.41, 5.74) is 3.58. The van der Waals surface area contributed by atoms with E-state index in [1.54, 1.807) is 0 Å². The Kier molecular flexibility index (Phi) is 4.23. The molecule has 8 nitrogen and oxygen atoms in total. The number of anilines is 1. The minimum absolute atomic E-state index is 0.00718. The lowest BCUT2D eigenvalue weighted by Gasteiger charge is -2.23. The number of aromatic amines is 1. The van der Waals surface area contributed by atoms with Crippen molar-refractivity contribution in [3.8, 4) is 11.3 Å². The van der Waals surface area contributed by atoms with Gasteiger partial charge in [-0.15, -0.1) is 0 Å². The summed E-state index contributed by atoms with van der Waals surface area (Å²) in [6.45, 7) is 1.37. The van der Waals surface area contributed by atoms with Gasteiger partial charge in [-0.25, -0.2) is 14.4 Å². The van der Waals surface area contributed by atoms with E-state index < -0.39 is 30.2 Å². The minimum atomic E-state index is -2.58. The standard InChI is InChI=1S/C13H13ClFN5O3S/c1-5(21)7-8(22)13(15,2-3-14)11(23-7)20-4-17-6-9(20)18-12(16)19-10(6)24/h4-5,7-8,11,21-22H,1H3,(H3,16,18,19,24)/t5-,7+,8?,11+,13+/m0/s1. The first kappa shape index (κ1) is 17.1. The third-order valence-electron chi connectivity index (χ3n) is 3.82. The zero-order valence-corrected chi connectivity index (χ0v) is 13.8. The normalized spacial score (nSPS) is 31.0. The van der Waals surface area contributed by atoms with Crippen LogP contribution >= 0.6 is 23.8 Å². The molecule has 0 bridgehead atoms. The lowest BCUT2D eigenvalue weighted by Crippen LogP contribution is -2.44. The molecule has 1 aliphatic rings. The van der Waals surface area contributed by atoms with Crippen molar-refractivity contribution in [3.63, 3.8) is 0 Å². The fourth-order valence-corrected chi connectivity index (χ4v) is 3.08. The summed E-state index contributed by atoms with van der Waals surface area (Å²) >= 11 is 10.4. The third-order valence-corrected chi connectivity index (χ3v) is 4.20. The van der Waals surface area contributed by atoms with Crippen molar-refractivity contribution in [2.75, 3.05) is 5.73 Å². The lowest BCUT2D eigenvalue weighted by atomic mass is 9.95. The maximum atomic E-state index is 15.4. The number of nitrogen functional groups attached to an aromatic ring is 1. The fraction of sp³-hybridized carbons (Fsp3) is 0.462. The van der Waals surface area contributed by atoms with Gasteiger partial charge in [-0.05, 0) is 24.4 Å². The highest BCUT2D eigenvalue weighted by Gasteiger charge is 2.59. The molecule has 0 aromatic carbocycles. The van der Waals surface area contributed by atoms with Crippen molar-refractivity contribution in [2.24, 2.45) is 0 Å². The summed E-state index contributed by atoms with van der Waals surface area (Å²) in [6.07, 6.45) is -4.26. The van der Waals surface area contributed by atoms with Gasteiger partial charge >= 0.3 is 0 Å². The first-order chi connectivity index (χ1) is 11.3. The van der Waals surface area contributed by atoms with E-state index in [1.807, 2.05) is 5.38 Å². The van der Waals surface area contributed by atoms with Crippen molar-refractivity contribution in [3.05, 3.63) is 11.0 Å².